The summed E-state index contributed by atoms with van der Waals surface area (Å²) in [7, 11) is 3.23. The molecule has 0 aliphatic carbocycles. The zero-order valence-corrected chi connectivity index (χ0v) is 15.7. The summed E-state index contributed by atoms with van der Waals surface area (Å²) in [5.74, 6) is 0.952. The van der Waals surface area contributed by atoms with E-state index in [1.165, 1.54) is 11.0 Å². The minimum atomic E-state index is -0.341. The molecule has 0 aliphatic heterocycles. The molecule has 6 nitrogen and oxygen atoms in total. The van der Waals surface area contributed by atoms with Crippen LogP contribution < -0.4 is 15.0 Å². The normalized spacial score (nSPS) is 10.6. The number of H-pyrrole nitrogens is 1. The molecule has 0 unspecified atom stereocenters. The van der Waals surface area contributed by atoms with Crippen molar-refractivity contribution in [3.8, 4) is 11.5 Å². The van der Waals surface area contributed by atoms with E-state index in [1.807, 2.05) is 12.1 Å². The number of aromatic amines is 1. The van der Waals surface area contributed by atoms with E-state index < -0.39 is 0 Å². The summed E-state index contributed by atoms with van der Waals surface area (Å²) in [5.41, 5.74) is 0.525. The second-order valence-electron chi connectivity index (χ2n) is 5.96. The Bertz CT molecular complexity index is 1030. The Morgan fingerprint density at radius 2 is 1.89 bits per heavy atom. The van der Waals surface area contributed by atoms with Gasteiger partial charge in [-0.15, -0.1) is 0 Å². The molecule has 0 saturated carbocycles. The van der Waals surface area contributed by atoms with Crippen LogP contribution >= 0.6 is 11.6 Å². The first-order valence-electron chi connectivity index (χ1n) is 8.33. The quantitative estimate of drug-likeness (QED) is 0.705. The number of rotatable bonds is 6. The fourth-order valence-electron chi connectivity index (χ4n) is 2.74. The lowest BCUT2D eigenvalue weighted by Gasteiger charge is -2.19. The number of ether oxygens (including phenoxy) is 2. The third-order valence-electron chi connectivity index (χ3n) is 4.14. The third kappa shape index (κ3) is 4.23. The van der Waals surface area contributed by atoms with Crippen LogP contribution in [0.5, 0.6) is 11.5 Å². The number of fused-ring (bicyclic) bond motifs is 1. The zero-order valence-electron chi connectivity index (χ0n) is 15.0. The highest BCUT2D eigenvalue weighted by Gasteiger charge is 2.16. The molecule has 1 aromatic heterocycles. The van der Waals surface area contributed by atoms with E-state index in [0.717, 1.165) is 0 Å². The fraction of sp³-hybridized carbons (Fsp3) is 0.200. The van der Waals surface area contributed by atoms with Crippen LogP contribution in [0.4, 0.5) is 0 Å². The van der Waals surface area contributed by atoms with Crippen LogP contribution in [0.15, 0.2) is 53.3 Å². The molecule has 0 atom stereocenters. The first-order valence-corrected chi connectivity index (χ1v) is 8.71. The topological polar surface area (TPSA) is 71.6 Å². The summed E-state index contributed by atoms with van der Waals surface area (Å²) in [6.45, 7) is 0.621. The van der Waals surface area contributed by atoms with E-state index in [-0.39, 0.29) is 18.1 Å². The SMILES string of the molecule is COc1ccccc1OCCN(C)C(=O)c1cc(=O)[nH]c2ccc(Cl)cc12. The number of nitrogens with zero attached hydrogens (tertiary/aromatic N) is 1. The second kappa shape index (κ2) is 8.14. The molecule has 7 heteroatoms. The zero-order chi connectivity index (χ0) is 19.4. The summed E-state index contributed by atoms with van der Waals surface area (Å²) in [6.07, 6.45) is 0. The average Bonchev–Trinajstić information content (AvgIpc) is 2.67. The lowest BCUT2D eigenvalue weighted by atomic mass is 10.1. The molecule has 2 aromatic carbocycles. The lowest BCUT2D eigenvalue weighted by molar-refractivity contribution is 0.0775. The molecule has 1 N–H and O–H groups in total. The van der Waals surface area contributed by atoms with Crippen LogP contribution in [-0.4, -0.2) is 43.1 Å². The summed E-state index contributed by atoms with van der Waals surface area (Å²) < 4.78 is 10.9. The van der Waals surface area contributed by atoms with Gasteiger partial charge in [-0.25, -0.2) is 0 Å². The Hall–Kier alpha value is -2.99. The fourth-order valence-corrected chi connectivity index (χ4v) is 2.91. The number of benzene rings is 2. The molecule has 0 bridgehead atoms. The number of nitrogens with one attached hydrogen (secondary N) is 1. The number of para-hydroxylation sites is 2. The van der Waals surface area contributed by atoms with Gasteiger partial charge in [0.25, 0.3) is 5.91 Å². The Morgan fingerprint density at radius 3 is 2.63 bits per heavy atom. The van der Waals surface area contributed by atoms with Crippen molar-refractivity contribution in [1.82, 2.24) is 9.88 Å². The maximum Gasteiger partial charge on any atom is 0.254 e. The molecule has 0 radical (unpaired) electrons. The van der Waals surface area contributed by atoms with Crippen molar-refractivity contribution < 1.29 is 14.3 Å². The number of methoxy groups -OCH3 is 1. The number of carbonyl (C=O) groups is 1. The second-order valence-corrected chi connectivity index (χ2v) is 6.40. The van der Waals surface area contributed by atoms with E-state index in [0.29, 0.717) is 39.5 Å². The Morgan fingerprint density at radius 1 is 1.15 bits per heavy atom. The summed E-state index contributed by atoms with van der Waals surface area (Å²) in [6, 6.07) is 13.6. The van der Waals surface area contributed by atoms with E-state index in [9.17, 15) is 9.59 Å². The number of pyridine rings is 1. The lowest BCUT2D eigenvalue weighted by Crippen LogP contribution is -2.31. The number of aromatic nitrogens is 1. The molecule has 3 rings (SSSR count). The van der Waals surface area contributed by atoms with Crippen LogP contribution in [0.2, 0.25) is 5.02 Å². The highest BCUT2D eigenvalue weighted by atomic mass is 35.5. The summed E-state index contributed by atoms with van der Waals surface area (Å²) in [5, 5.41) is 1.09. The minimum Gasteiger partial charge on any atom is -0.493 e. The van der Waals surface area contributed by atoms with Crippen LogP contribution in [0.3, 0.4) is 0 Å². The van der Waals surface area contributed by atoms with Gasteiger partial charge in [-0.3, -0.25) is 9.59 Å². The van der Waals surface area contributed by atoms with Crippen molar-refractivity contribution in [2.75, 3.05) is 27.3 Å². The predicted octanol–water partition coefficient (Wildman–Crippen LogP) is 3.34. The number of carbonyl (C=O) groups excluding carboxylic acids is 1. The van der Waals surface area contributed by atoms with E-state index in [1.54, 1.807) is 44.5 Å². The Labute approximate surface area is 161 Å². The number of hydrogen-bond acceptors (Lipinski definition) is 4. The summed E-state index contributed by atoms with van der Waals surface area (Å²) >= 11 is 6.05. The van der Waals surface area contributed by atoms with E-state index in [2.05, 4.69) is 4.98 Å². The van der Waals surface area contributed by atoms with Gasteiger partial charge >= 0.3 is 0 Å². The maximum absolute atomic E-state index is 12.8. The van der Waals surface area contributed by atoms with Crippen LogP contribution in [-0.2, 0) is 0 Å². The number of amides is 1. The van der Waals surface area contributed by atoms with Gasteiger partial charge in [-0.2, -0.15) is 0 Å². The van der Waals surface area contributed by atoms with Crippen LogP contribution in [0, 0.1) is 0 Å². The molecule has 0 saturated heterocycles. The van der Waals surface area contributed by atoms with Crippen LogP contribution in [0.1, 0.15) is 10.4 Å². The third-order valence-corrected chi connectivity index (χ3v) is 4.37. The molecule has 1 amide bonds. The first-order chi connectivity index (χ1) is 13.0. The van der Waals surface area contributed by atoms with Gasteiger partial charge < -0.3 is 19.4 Å². The van der Waals surface area contributed by atoms with Crippen molar-refractivity contribution in [2.24, 2.45) is 0 Å². The number of halogens is 1. The van der Waals surface area contributed by atoms with Crippen molar-refractivity contribution in [3.05, 3.63) is 69.5 Å². The predicted molar refractivity (Wildman–Crippen MR) is 105 cm³/mol. The van der Waals surface area contributed by atoms with Gasteiger partial charge in [0.05, 0.1) is 19.2 Å². The summed E-state index contributed by atoms with van der Waals surface area (Å²) in [4.78, 5) is 28.9. The van der Waals surface area contributed by atoms with Gasteiger partial charge in [0.15, 0.2) is 11.5 Å². The van der Waals surface area contributed by atoms with Gasteiger partial charge in [0.1, 0.15) is 6.61 Å². The monoisotopic (exact) mass is 386 g/mol. The van der Waals surface area contributed by atoms with E-state index in [4.69, 9.17) is 21.1 Å². The van der Waals surface area contributed by atoms with Crippen molar-refractivity contribution in [2.45, 2.75) is 0 Å². The molecule has 1 heterocycles. The largest absolute Gasteiger partial charge is 0.493 e. The molecule has 0 fully saturated rings. The van der Waals surface area contributed by atoms with Gasteiger partial charge in [-0.1, -0.05) is 23.7 Å². The van der Waals surface area contributed by atoms with Crippen molar-refractivity contribution in [1.29, 1.82) is 0 Å². The first kappa shape index (κ1) is 18.8. The van der Waals surface area contributed by atoms with Crippen LogP contribution in [0.25, 0.3) is 10.9 Å². The molecular formula is C20H19ClN2O4. The van der Waals surface area contributed by atoms with Gasteiger partial charge in [0.2, 0.25) is 5.56 Å². The highest BCUT2D eigenvalue weighted by molar-refractivity contribution is 6.31. The average molecular weight is 387 g/mol. The maximum atomic E-state index is 12.8. The van der Waals surface area contributed by atoms with Crippen molar-refractivity contribution in [3.63, 3.8) is 0 Å². The molecular weight excluding hydrogens is 368 g/mol. The minimum absolute atomic E-state index is 0.281. The molecule has 27 heavy (non-hydrogen) atoms. The van der Waals surface area contributed by atoms with E-state index >= 15 is 0 Å². The smallest absolute Gasteiger partial charge is 0.254 e. The molecule has 3 aromatic rings. The molecule has 140 valence electrons. The van der Waals surface area contributed by atoms with Crippen molar-refractivity contribution >= 4 is 28.4 Å². The Kier molecular flexibility index (Phi) is 5.66. The Balaban J connectivity index is 1.75. The molecule has 0 aliphatic rings. The highest BCUT2D eigenvalue weighted by Crippen LogP contribution is 2.25. The molecule has 0 spiro atoms. The number of hydrogen-bond donors (Lipinski definition) is 1. The van der Waals surface area contributed by atoms with Gasteiger partial charge in [-0.05, 0) is 30.3 Å². The number of likely N-dealkylation sites (N-methyl/N-ethyl adjacent to an activating group) is 1. The van der Waals surface area contributed by atoms with Gasteiger partial charge in [0, 0.05) is 29.0 Å². The standard InChI is InChI=1S/C20H19ClN2O4/c1-23(9-10-27-18-6-4-3-5-17(18)26-2)20(25)15-12-19(24)22-16-8-7-13(21)11-14(15)16/h3-8,11-12H,9-10H2,1-2H3,(H,22,24).